The highest BCUT2D eigenvalue weighted by Gasteiger charge is 2.43. The van der Waals surface area contributed by atoms with E-state index < -0.39 is 60.4 Å². The molecule has 4 heterocycles. The van der Waals surface area contributed by atoms with Crippen molar-refractivity contribution in [1.82, 2.24) is 9.55 Å². The summed E-state index contributed by atoms with van der Waals surface area (Å²) in [5.74, 6) is 2.44. The molecule has 9 aromatic carbocycles. The molecular formula is C61H41BN6O. The molecule has 0 radical (unpaired) electrons. The van der Waals surface area contributed by atoms with Crippen LogP contribution in [-0.4, -0.2) is 22.4 Å². The maximum absolute atomic E-state index is 9.06. The first-order chi connectivity index (χ1) is 38.4. The van der Waals surface area contributed by atoms with E-state index in [1.54, 1.807) is 33.5 Å². The maximum atomic E-state index is 9.06. The summed E-state index contributed by atoms with van der Waals surface area (Å²) in [6.07, 6.45) is 5.26. The number of hydrogen-bond acceptors (Lipinski definition) is 5. The van der Waals surface area contributed by atoms with Crippen molar-refractivity contribution in [3.8, 4) is 56.3 Å². The summed E-state index contributed by atoms with van der Waals surface area (Å²) in [4.78, 5) is 14.9. The molecular weight excluding hydrogens is 844 g/mol. The van der Waals surface area contributed by atoms with Crippen LogP contribution in [-0.2, 0) is 0 Å². The van der Waals surface area contributed by atoms with E-state index in [9.17, 15) is 0 Å². The standard InChI is InChI=1S/C61H41BN6O/c1-5-20-43(21-6-1)50-30-13-14-33-53(50)62-54-34-19-39-63-60(54)68-58-41-49(37-38-57(58)67(61(68)64-62)46-26-11-4-12-27-46)69-48-29-17-28-47(40-48)65-42-66(56-36-16-15-35-55(56)65)59-51(44-22-7-2-8-23-44)31-18-32-52(59)45-24-9-3-10-25-45/h1-41H/i2D,3D,7D,8D,9D,10D,22D,23D,24D,25D. The molecule has 0 aliphatic carbocycles. The van der Waals surface area contributed by atoms with Crippen LogP contribution in [0.4, 0.5) is 22.9 Å². The largest absolute Gasteiger partial charge is 0.458 e. The van der Waals surface area contributed by atoms with Crippen LogP contribution < -0.4 is 30.0 Å². The topological polar surface area (TPSA) is 49.8 Å². The van der Waals surface area contributed by atoms with Crippen molar-refractivity contribution in [2.24, 2.45) is 4.90 Å². The average molecular weight is 895 g/mol. The van der Waals surface area contributed by atoms with Gasteiger partial charge in [-0.1, -0.05) is 188 Å². The molecule has 0 amide bonds. The van der Waals surface area contributed by atoms with Crippen LogP contribution in [0.3, 0.4) is 0 Å². The molecule has 0 saturated heterocycles. The summed E-state index contributed by atoms with van der Waals surface area (Å²) in [6, 6.07) is 53.1. The Morgan fingerprint density at radius 3 is 1.93 bits per heavy atom. The zero-order chi connectivity index (χ0) is 54.4. The first kappa shape index (κ1) is 30.8. The monoisotopic (exact) mass is 894 g/mol. The molecule has 69 heavy (non-hydrogen) atoms. The van der Waals surface area contributed by atoms with Crippen molar-refractivity contribution in [3.63, 3.8) is 0 Å². The van der Waals surface area contributed by atoms with Gasteiger partial charge in [0.25, 0.3) is 6.33 Å². The number of aromatic nitrogens is 3. The lowest BCUT2D eigenvalue weighted by molar-refractivity contribution is -0.571. The Balaban J connectivity index is 0.935. The minimum Gasteiger partial charge on any atom is -0.458 e. The first-order valence-corrected chi connectivity index (χ1v) is 22.4. The van der Waals surface area contributed by atoms with E-state index in [1.165, 1.54) is 0 Å². The summed E-state index contributed by atoms with van der Waals surface area (Å²) in [6.45, 7) is -0.383. The van der Waals surface area contributed by atoms with E-state index in [2.05, 4.69) is 64.7 Å². The van der Waals surface area contributed by atoms with Gasteiger partial charge in [0, 0.05) is 18.0 Å². The normalized spacial score (nSPS) is 14.7. The molecule has 0 atom stereocenters. The number of para-hydroxylation sites is 4. The lowest BCUT2D eigenvalue weighted by atomic mass is 9.49. The van der Waals surface area contributed by atoms with Gasteiger partial charge in [-0.2, -0.15) is 0 Å². The number of imidazole rings is 1. The Bertz CT molecular complexity index is 4210. The fraction of sp³-hybridized carbons (Fsp3) is 0. The van der Waals surface area contributed by atoms with Gasteiger partial charge in [0.05, 0.1) is 47.5 Å². The van der Waals surface area contributed by atoms with Crippen molar-refractivity contribution >= 4 is 57.6 Å². The van der Waals surface area contributed by atoms with Gasteiger partial charge in [0.2, 0.25) is 5.96 Å². The van der Waals surface area contributed by atoms with Gasteiger partial charge in [-0.25, -0.2) is 4.98 Å². The predicted molar refractivity (Wildman–Crippen MR) is 280 cm³/mol. The third-order valence-corrected chi connectivity index (χ3v) is 12.4. The molecule has 2 aliphatic heterocycles. The molecule has 8 heteroatoms. The first-order valence-electron chi connectivity index (χ1n) is 27.4. The molecule has 0 unspecified atom stereocenters. The number of anilines is 4. The number of fused-ring (bicyclic) bond motifs is 6. The van der Waals surface area contributed by atoms with Crippen LogP contribution in [0.25, 0.3) is 55.8 Å². The zero-order valence-corrected chi connectivity index (χ0v) is 36.6. The molecule has 0 spiro atoms. The Hall–Kier alpha value is -9.27. The molecule has 11 aromatic rings. The zero-order valence-electron chi connectivity index (χ0n) is 46.6. The van der Waals surface area contributed by atoms with Gasteiger partial charge < -0.3 is 4.74 Å². The van der Waals surface area contributed by atoms with Gasteiger partial charge >= 0.3 is 6.85 Å². The number of ether oxygens (including phenoxy) is 1. The van der Waals surface area contributed by atoms with E-state index in [-0.39, 0.29) is 34.8 Å². The van der Waals surface area contributed by atoms with Gasteiger partial charge in [0.15, 0.2) is 0 Å². The van der Waals surface area contributed by atoms with Gasteiger partial charge in [-0.05, 0) is 92.8 Å². The molecule has 324 valence electrons. The van der Waals surface area contributed by atoms with Crippen molar-refractivity contribution in [2.45, 2.75) is 0 Å². The third kappa shape index (κ3) is 6.97. The Labute approximate surface area is 414 Å². The van der Waals surface area contributed by atoms with E-state index >= 15 is 0 Å². The van der Waals surface area contributed by atoms with Crippen molar-refractivity contribution in [3.05, 3.63) is 255 Å². The molecule has 0 N–H and O–H groups in total. The van der Waals surface area contributed by atoms with E-state index in [0.29, 0.717) is 34.2 Å². The molecule has 0 bridgehead atoms. The van der Waals surface area contributed by atoms with E-state index in [1.807, 2.05) is 115 Å². The summed E-state index contributed by atoms with van der Waals surface area (Å²) in [5, 5.41) is 0. The van der Waals surface area contributed by atoms with Crippen molar-refractivity contribution < 1.29 is 23.0 Å². The van der Waals surface area contributed by atoms with Gasteiger partial charge in [-0.3, -0.25) is 23.8 Å². The summed E-state index contributed by atoms with van der Waals surface area (Å²) in [7, 11) is 0. The summed E-state index contributed by atoms with van der Waals surface area (Å²) >= 11 is 0. The quantitative estimate of drug-likeness (QED) is 0.0823. The highest BCUT2D eigenvalue weighted by Crippen LogP contribution is 2.48. The van der Waals surface area contributed by atoms with Crippen LogP contribution in [0, 0.1) is 6.33 Å². The van der Waals surface area contributed by atoms with Crippen molar-refractivity contribution in [1.29, 1.82) is 0 Å². The Morgan fingerprint density at radius 2 is 1.14 bits per heavy atom. The number of nitrogens with zero attached hydrogens (tertiary/aromatic N) is 6. The summed E-state index contributed by atoms with van der Waals surface area (Å²) in [5.41, 5.74) is 8.76. The second-order valence-electron chi connectivity index (χ2n) is 16.4. The van der Waals surface area contributed by atoms with Crippen LogP contribution in [0.1, 0.15) is 13.7 Å². The number of rotatable bonds is 9. The molecule has 0 saturated carbocycles. The van der Waals surface area contributed by atoms with Crippen LogP contribution >= 0.6 is 0 Å². The highest BCUT2D eigenvalue weighted by atomic mass is 16.5. The Kier molecular flexibility index (Phi) is 7.54. The number of pyridine rings is 1. The second kappa shape index (κ2) is 16.9. The Morgan fingerprint density at radius 1 is 0.507 bits per heavy atom. The SMILES string of the molecule is [2H]c1c([2H])c([2H])c(-c2cccc(-c3c([2H])c([2H])c([2H])c([2H])c3[2H])c2-[n+]2[c-]n(-c3cccc(Oc4ccc5c(c4)N4C(=NB(c6ccccc6-c6ccccc6)c6cccnc64)N5c4ccccc4)c3)c3ccccc32)c([2H])c1[2H]. The highest BCUT2D eigenvalue weighted by molar-refractivity contribution is 6.87. The van der Waals surface area contributed by atoms with Gasteiger partial charge in [0.1, 0.15) is 17.3 Å². The van der Waals surface area contributed by atoms with E-state index in [0.717, 1.165) is 44.9 Å². The van der Waals surface area contributed by atoms with Gasteiger partial charge in [-0.15, -0.1) is 0 Å². The second-order valence-corrected chi connectivity index (χ2v) is 16.4. The lowest BCUT2D eigenvalue weighted by Gasteiger charge is -2.31. The molecule has 0 fully saturated rings. The minimum atomic E-state index is -0.573. The molecule has 13 rings (SSSR count). The fourth-order valence-corrected chi connectivity index (χ4v) is 9.45. The number of hydrogen-bond donors (Lipinski definition) is 0. The predicted octanol–water partition coefficient (Wildman–Crippen LogP) is 12.7. The number of benzene rings is 9. The van der Waals surface area contributed by atoms with Crippen LogP contribution in [0.15, 0.2) is 254 Å². The minimum absolute atomic E-state index is 0.139. The maximum Gasteiger partial charge on any atom is 0.353 e. The smallest absolute Gasteiger partial charge is 0.353 e. The van der Waals surface area contributed by atoms with Crippen LogP contribution in [0.5, 0.6) is 11.5 Å². The van der Waals surface area contributed by atoms with Crippen molar-refractivity contribution in [2.75, 3.05) is 9.80 Å². The average Bonchev–Trinajstić information content (AvgIpc) is 4.16. The number of guanidine groups is 1. The molecule has 2 aromatic heterocycles. The summed E-state index contributed by atoms with van der Waals surface area (Å²) < 4.78 is 97.6. The third-order valence-electron chi connectivity index (χ3n) is 12.4. The molecule has 7 nitrogen and oxygen atoms in total. The fourth-order valence-electron chi connectivity index (χ4n) is 9.45. The molecule has 2 aliphatic rings. The van der Waals surface area contributed by atoms with E-state index in [4.69, 9.17) is 28.3 Å². The lowest BCUT2D eigenvalue weighted by Crippen LogP contribution is -2.52. The van der Waals surface area contributed by atoms with Crippen LogP contribution in [0.2, 0.25) is 0 Å².